The summed E-state index contributed by atoms with van der Waals surface area (Å²) in [7, 11) is 0. The summed E-state index contributed by atoms with van der Waals surface area (Å²) in [4.78, 5) is 0. The predicted octanol–water partition coefficient (Wildman–Crippen LogP) is 2.28. The maximum atomic E-state index is 8.89. The molecule has 2 rings (SSSR count). The van der Waals surface area contributed by atoms with E-state index in [1.165, 1.54) is 11.8 Å². The Hall–Kier alpha value is -1.27. The lowest BCUT2D eigenvalue weighted by Crippen LogP contribution is -2.08. The molecule has 6 heteroatoms. The first-order valence-corrected chi connectivity index (χ1v) is 6.91. The van der Waals surface area contributed by atoms with Gasteiger partial charge in [0.2, 0.25) is 0 Å². The number of aromatic nitrogens is 3. The molecule has 0 saturated carbocycles. The Bertz CT molecular complexity index is 479. The van der Waals surface area contributed by atoms with Gasteiger partial charge in [0.15, 0.2) is 16.7 Å². The minimum Gasteiger partial charge on any atom is -0.461 e. The van der Waals surface area contributed by atoms with Gasteiger partial charge in [-0.15, -0.1) is 10.2 Å². The van der Waals surface area contributed by atoms with E-state index in [1.54, 1.807) is 6.26 Å². The lowest BCUT2D eigenvalue weighted by atomic mass is 10.2. The van der Waals surface area contributed by atoms with Crippen LogP contribution in [0.25, 0.3) is 11.6 Å². The van der Waals surface area contributed by atoms with Crippen molar-refractivity contribution in [2.75, 3.05) is 12.4 Å². The van der Waals surface area contributed by atoms with Gasteiger partial charge in [0, 0.05) is 12.3 Å². The maximum absolute atomic E-state index is 8.89. The molecule has 0 fully saturated rings. The van der Waals surface area contributed by atoms with Crippen molar-refractivity contribution < 1.29 is 9.52 Å². The van der Waals surface area contributed by atoms with Crippen LogP contribution >= 0.6 is 11.8 Å². The Labute approximate surface area is 110 Å². The zero-order valence-electron chi connectivity index (χ0n) is 10.5. The van der Waals surface area contributed by atoms with Gasteiger partial charge in [-0.2, -0.15) is 0 Å². The first-order valence-electron chi connectivity index (χ1n) is 5.93. The summed E-state index contributed by atoms with van der Waals surface area (Å²) < 4.78 is 7.42. The third-order valence-electron chi connectivity index (χ3n) is 2.33. The van der Waals surface area contributed by atoms with E-state index in [4.69, 9.17) is 9.52 Å². The number of hydrogen-bond acceptors (Lipinski definition) is 5. The molecule has 0 atom stereocenters. The summed E-state index contributed by atoms with van der Waals surface area (Å²) in [6, 6.07) is 3.71. The van der Waals surface area contributed by atoms with Crippen LogP contribution in [0.5, 0.6) is 0 Å². The highest BCUT2D eigenvalue weighted by Gasteiger charge is 2.16. The molecule has 2 aromatic rings. The van der Waals surface area contributed by atoms with Crippen LogP contribution in [-0.4, -0.2) is 32.2 Å². The summed E-state index contributed by atoms with van der Waals surface area (Å²) >= 11 is 1.50. The molecule has 0 saturated heterocycles. The zero-order valence-corrected chi connectivity index (χ0v) is 11.4. The van der Waals surface area contributed by atoms with Gasteiger partial charge in [0.05, 0.1) is 12.9 Å². The molecule has 0 aliphatic carbocycles. The van der Waals surface area contributed by atoms with Gasteiger partial charge in [-0.25, -0.2) is 0 Å². The van der Waals surface area contributed by atoms with Gasteiger partial charge < -0.3 is 9.52 Å². The van der Waals surface area contributed by atoms with Crippen molar-refractivity contribution >= 4 is 11.8 Å². The molecular weight excluding hydrogens is 250 g/mol. The van der Waals surface area contributed by atoms with Gasteiger partial charge in [-0.3, -0.25) is 4.57 Å². The highest BCUT2D eigenvalue weighted by atomic mass is 32.2. The van der Waals surface area contributed by atoms with Crippen molar-refractivity contribution in [2.24, 2.45) is 5.92 Å². The number of aliphatic hydroxyl groups is 1. The lowest BCUT2D eigenvalue weighted by Gasteiger charge is -2.10. The molecule has 1 N–H and O–H groups in total. The Kier molecular flexibility index (Phi) is 4.43. The molecule has 0 unspecified atom stereocenters. The van der Waals surface area contributed by atoms with Crippen molar-refractivity contribution in [3.8, 4) is 11.6 Å². The second-order valence-corrected chi connectivity index (χ2v) is 5.42. The molecule has 0 amide bonds. The van der Waals surface area contributed by atoms with Crippen LogP contribution in [0.2, 0.25) is 0 Å². The Morgan fingerprint density at radius 3 is 2.89 bits per heavy atom. The number of rotatable bonds is 6. The highest BCUT2D eigenvalue weighted by Crippen LogP contribution is 2.25. The summed E-state index contributed by atoms with van der Waals surface area (Å²) in [6.45, 7) is 5.25. The van der Waals surface area contributed by atoms with E-state index in [-0.39, 0.29) is 6.61 Å². The van der Waals surface area contributed by atoms with Crippen molar-refractivity contribution in [2.45, 2.75) is 25.5 Å². The Morgan fingerprint density at radius 2 is 2.28 bits per heavy atom. The fourth-order valence-electron chi connectivity index (χ4n) is 1.65. The fourth-order valence-corrected chi connectivity index (χ4v) is 2.34. The number of aliphatic hydroxyl groups excluding tert-OH is 1. The van der Waals surface area contributed by atoms with Gasteiger partial charge in [-0.1, -0.05) is 25.6 Å². The second-order valence-electron chi connectivity index (χ2n) is 4.36. The molecule has 0 bridgehead atoms. The number of furan rings is 1. The van der Waals surface area contributed by atoms with Crippen molar-refractivity contribution in [3.63, 3.8) is 0 Å². The van der Waals surface area contributed by atoms with Crippen LogP contribution in [0.4, 0.5) is 0 Å². The average Bonchev–Trinajstić information content (AvgIpc) is 2.95. The standard InChI is InChI=1S/C12H17N3O2S/c1-9(2)8-15-11(10-4-3-6-17-10)13-14-12(15)18-7-5-16/h3-4,6,9,16H,5,7-8H2,1-2H3. The smallest absolute Gasteiger partial charge is 0.200 e. The van der Waals surface area contributed by atoms with Crippen molar-refractivity contribution in [1.29, 1.82) is 0 Å². The van der Waals surface area contributed by atoms with Gasteiger partial charge in [0.1, 0.15) is 0 Å². The predicted molar refractivity (Wildman–Crippen MR) is 70.4 cm³/mol. The minimum atomic E-state index is 0.134. The first kappa shape index (κ1) is 13.2. The third kappa shape index (κ3) is 2.94. The van der Waals surface area contributed by atoms with E-state index in [9.17, 15) is 0 Å². The third-order valence-corrected chi connectivity index (χ3v) is 3.28. The van der Waals surface area contributed by atoms with Crippen LogP contribution in [0.3, 0.4) is 0 Å². The van der Waals surface area contributed by atoms with E-state index in [0.29, 0.717) is 11.7 Å². The molecule has 18 heavy (non-hydrogen) atoms. The molecule has 2 aromatic heterocycles. The Balaban J connectivity index is 2.31. The van der Waals surface area contributed by atoms with Gasteiger partial charge in [0.25, 0.3) is 0 Å². The first-order chi connectivity index (χ1) is 8.72. The monoisotopic (exact) mass is 267 g/mol. The second kappa shape index (κ2) is 6.06. The van der Waals surface area contributed by atoms with Crippen LogP contribution in [0.15, 0.2) is 28.0 Å². The summed E-state index contributed by atoms with van der Waals surface area (Å²) in [5.41, 5.74) is 0. The molecule has 0 aromatic carbocycles. The molecule has 2 heterocycles. The van der Waals surface area contributed by atoms with Crippen LogP contribution in [0, 0.1) is 5.92 Å². The van der Waals surface area contributed by atoms with E-state index >= 15 is 0 Å². The van der Waals surface area contributed by atoms with E-state index in [1.807, 2.05) is 16.7 Å². The summed E-state index contributed by atoms with van der Waals surface area (Å²) in [6.07, 6.45) is 1.63. The maximum Gasteiger partial charge on any atom is 0.200 e. The van der Waals surface area contributed by atoms with Crippen LogP contribution < -0.4 is 0 Å². The number of nitrogens with zero attached hydrogens (tertiary/aromatic N) is 3. The number of hydrogen-bond donors (Lipinski definition) is 1. The molecule has 0 aliphatic rings. The zero-order chi connectivity index (χ0) is 13.0. The van der Waals surface area contributed by atoms with E-state index in [0.717, 1.165) is 23.3 Å². The Morgan fingerprint density at radius 1 is 1.44 bits per heavy atom. The molecule has 0 aliphatic heterocycles. The lowest BCUT2D eigenvalue weighted by molar-refractivity contribution is 0.322. The van der Waals surface area contributed by atoms with Crippen molar-refractivity contribution in [3.05, 3.63) is 18.4 Å². The molecule has 0 radical (unpaired) electrons. The SMILES string of the molecule is CC(C)Cn1c(SCCO)nnc1-c1ccco1. The molecule has 98 valence electrons. The summed E-state index contributed by atoms with van der Waals surface area (Å²) in [5, 5.41) is 18.1. The molecular formula is C12H17N3O2S. The normalized spacial score (nSPS) is 11.3. The highest BCUT2D eigenvalue weighted by molar-refractivity contribution is 7.99. The largest absolute Gasteiger partial charge is 0.461 e. The van der Waals surface area contributed by atoms with Crippen LogP contribution in [-0.2, 0) is 6.54 Å². The minimum absolute atomic E-state index is 0.134. The number of thioether (sulfide) groups is 1. The van der Waals surface area contributed by atoms with Gasteiger partial charge >= 0.3 is 0 Å². The topological polar surface area (TPSA) is 64.1 Å². The van der Waals surface area contributed by atoms with Crippen molar-refractivity contribution in [1.82, 2.24) is 14.8 Å². The molecule has 5 nitrogen and oxygen atoms in total. The van der Waals surface area contributed by atoms with Gasteiger partial charge in [-0.05, 0) is 18.1 Å². The summed E-state index contributed by atoms with van der Waals surface area (Å²) in [5.74, 6) is 2.57. The quantitative estimate of drug-likeness (QED) is 0.813. The molecule has 0 spiro atoms. The van der Waals surface area contributed by atoms with Crippen LogP contribution in [0.1, 0.15) is 13.8 Å². The average molecular weight is 267 g/mol. The fraction of sp³-hybridized carbons (Fsp3) is 0.500. The van der Waals surface area contributed by atoms with E-state index < -0.39 is 0 Å². The van der Waals surface area contributed by atoms with E-state index in [2.05, 4.69) is 24.0 Å².